The van der Waals surface area contributed by atoms with E-state index in [1.54, 1.807) is 61.7 Å². The number of rotatable bonds is 9. The fourth-order valence-electron chi connectivity index (χ4n) is 3.76. The van der Waals surface area contributed by atoms with Crippen LogP contribution >= 0.6 is 0 Å². The van der Waals surface area contributed by atoms with Crippen molar-refractivity contribution in [1.82, 2.24) is 14.8 Å². The molecule has 0 bridgehead atoms. The molecule has 0 unspecified atom stereocenters. The van der Waals surface area contributed by atoms with Crippen molar-refractivity contribution in [3.05, 3.63) is 99.7 Å². The van der Waals surface area contributed by atoms with Gasteiger partial charge >= 0.3 is 5.69 Å². The van der Waals surface area contributed by atoms with Crippen LogP contribution < -0.4 is 31.9 Å². The van der Waals surface area contributed by atoms with Crippen molar-refractivity contribution in [1.29, 1.82) is 5.41 Å². The number of nitrogens with zero attached hydrogens (tertiary/aromatic N) is 2. The van der Waals surface area contributed by atoms with Gasteiger partial charge in [-0.15, -0.1) is 5.10 Å². The largest absolute Gasteiger partial charge is 0.493 e. The summed E-state index contributed by atoms with van der Waals surface area (Å²) >= 11 is 0. The number of methoxy groups -OCH3 is 2. The number of hydrogen-bond acceptors (Lipinski definition) is 7. The number of amidine groups is 1. The normalized spacial score (nSPS) is 11.5. The van der Waals surface area contributed by atoms with Gasteiger partial charge in [0.05, 0.1) is 25.5 Å². The van der Waals surface area contributed by atoms with Gasteiger partial charge < -0.3 is 26.3 Å². The number of anilines is 1. The zero-order chi connectivity index (χ0) is 25.8. The molecular formula is C25H25N7O4. The van der Waals surface area contributed by atoms with Crippen LogP contribution in [0.4, 0.5) is 5.69 Å². The molecule has 0 saturated heterocycles. The van der Waals surface area contributed by atoms with Gasteiger partial charge in [0.2, 0.25) is 0 Å². The number of nitrogens with two attached hydrogens (primary N) is 2. The molecule has 11 heteroatoms. The Morgan fingerprint density at radius 2 is 1.72 bits per heavy atom. The molecule has 0 aliphatic heterocycles. The van der Waals surface area contributed by atoms with E-state index in [0.717, 1.165) is 4.68 Å². The summed E-state index contributed by atoms with van der Waals surface area (Å²) in [5.74, 6) is 0.591. The van der Waals surface area contributed by atoms with E-state index < -0.39 is 17.6 Å². The number of amides is 1. The predicted octanol–water partition coefficient (Wildman–Crippen LogP) is 2.16. The smallest absolute Gasteiger partial charge is 0.348 e. The first-order chi connectivity index (χ1) is 17.3. The van der Waals surface area contributed by atoms with Gasteiger partial charge in [0.1, 0.15) is 11.9 Å². The Hall–Kier alpha value is -5.06. The van der Waals surface area contributed by atoms with Gasteiger partial charge in [-0.1, -0.05) is 18.2 Å². The lowest BCUT2D eigenvalue weighted by Crippen LogP contribution is -2.21. The molecule has 4 aromatic rings. The van der Waals surface area contributed by atoms with Crippen molar-refractivity contribution >= 4 is 17.4 Å². The minimum absolute atomic E-state index is 0.0471. The first-order valence-corrected chi connectivity index (χ1v) is 10.8. The van der Waals surface area contributed by atoms with Gasteiger partial charge in [-0.05, 0) is 54.1 Å². The molecule has 0 saturated carbocycles. The minimum atomic E-state index is -0.679. The third-order valence-corrected chi connectivity index (χ3v) is 5.55. The molecule has 184 valence electrons. The van der Waals surface area contributed by atoms with Gasteiger partial charge in [-0.3, -0.25) is 15.2 Å². The molecule has 0 fully saturated rings. The third-order valence-electron chi connectivity index (χ3n) is 5.55. The first kappa shape index (κ1) is 24.1. The number of primary amides is 1. The number of carbonyl (C=O) groups is 1. The minimum Gasteiger partial charge on any atom is -0.493 e. The predicted molar refractivity (Wildman–Crippen MR) is 135 cm³/mol. The Morgan fingerprint density at radius 1 is 1.03 bits per heavy atom. The molecule has 1 heterocycles. The molecule has 11 nitrogen and oxygen atoms in total. The summed E-state index contributed by atoms with van der Waals surface area (Å²) in [6, 6.07) is 18.1. The summed E-state index contributed by atoms with van der Waals surface area (Å²) in [6.07, 6.45) is 0. The monoisotopic (exact) mass is 487 g/mol. The van der Waals surface area contributed by atoms with Crippen LogP contribution in [0.3, 0.4) is 0 Å². The van der Waals surface area contributed by atoms with E-state index in [0.29, 0.717) is 28.3 Å². The topological polar surface area (TPSA) is 174 Å². The van der Waals surface area contributed by atoms with Crippen LogP contribution in [0.2, 0.25) is 0 Å². The van der Waals surface area contributed by atoms with Gasteiger partial charge in [-0.25, -0.2) is 4.79 Å². The van der Waals surface area contributed by atoms with Gasteiger partial charge in [0, 0.05) is 11.3 Å². The number of benzene rings is 3. The highest BCUT2D eigenvalue weighted by atomic mass is 16.5. The first-order valence-electron chi connectivity index (χ1n) is 10.8. The van der Waals surface area contributed by atoms with E-state index >= 15 is 0 Å². The molecule has 4 rings (SSSR count). The number of para-hydroxylation sites is 1. The number of aromatic nitrogens is 3. The fraction of sp³-hybridized carbons (Fsp3) is 0.120. The maximum absolute atomic E-state index is 12.9. The highest BCUT2D eigenvalue weighted by Gasteiger charge is 2.23. The van der Waals surface area contributed by atoms with Gasteiger partial charge in [-0.2, -0.15) is 4.68 Å². The third kappa shape index (κ3) is 4.75. The number of nitrogens with one attached hydrogen (secondary N) is 3. The molecular weight excluding hydrogens is 462 g/mol. The average molecular weight is 488 g/mol. The Bertz CT molecular complexity index is 1470. The number of hydrogen-bond donors (Lipinski definition) is 5. The number of nitrogen functional groups attached to an aromatic ring is 1. The van der Waals surface area contributed by atoms with Gasteiger partial charge in [0.15, 0.2) is 17.3 Å². The Morgan fingerprint density at radius 3 is 2.36 bits per heavy atom. The standard InChI is InChI=1S/C25H25N7O4/c1-35-19-12-9-15(13-20(19)36-2)21(29-16-10-7-14(8-11-16)22(26)27)24-30-25(34)32(31-24)18-6-4-3-5-17(18)23(28)33/h3-13,21,29H,1-2H3,(H3,26,27)(H2,28,33)(H,30,31,34)/t21-/m0/s1. The number of carbonyl (C=O) groups excluding carboxylic acids is 1. The quantitative estimate of drug-likeness (QED) is 0.178. The van der Waals surface area contributed by atoms with Crippen LogP contribution in [0.1, 0.15) is 33.4 Å². The SMILES string of the molecule is COc1ccc([C@H](Nc2ccc(C(=N)N)cc2)c2nn(-c3ccccc3C(N)=O)c(=O)[nH]2)cc1OC. The molecule has 0 aliphatic carbocycles. The zero-order valence-electron chi connectivity index (χ0n) is 19.6. The Labute approximate surface area is 206 Å². The van der Waals surface area contributed by atoms with Crippen molar-refractivity contribution in [2.24, 2.45) is 11.5 Å². The number of H-pyrrole nitrogens is 1. The maximum Gasteiger partial charge on any atom is 0.348 e. The van der Waals surface area contributed by atoms with Crippen molar-refractivity contribution in [3.63, 3.8) is 0 Å². The van der Waals surface area contributed by atoms with E-state index in [9.17, 15) is 9.59 Å². The average Bonchev–Trinajstić information content (AvgIpc) is 3.27. The summed E-state index contributed by atoms with van der Waals surface area (Å²) in [5, 5.41) is 15.4. The van der Waals surface area contributed by atoms with E-state index in [1.165, 1.54) is 13.2 Å². The molecule has 0 radical (unpaired) electrons. The van der Waals surface area contributed by atoms with Crippen molar-refractivity contribution in [2.75, 3.05) is 19.5 Å². The fourth-order valence-corrected chi connectivity index (χ4v) is 3.76. The lowest BCUT2D eigenvalue weighted by atomic mass is 10.0. The molecule has 1 aromatic heterocycles. The molecule has 0 spiro atoms. The molecule has 3 aromatic carbocycles. The second kappa shape index (κ2) is 10.1. The van der Waals surface area contributed by atoms with Crippen LogP contribution in [0.15, 0.2) is 71.5 Å². The summed E-state index contributed by atoms with van der Waals surface area (Å²) in [5.41, 5.74) is 12.9. The summed E-state index contributed by atoms with van der Waals surface area (Å²) in [4.78, 5) is 27.6. The van der Waals surface area contributed by atoms with Crippen LogP contribution in [-0.4, -0.2) is 40.7 Å². The number of ether oxygens (including phenoxy) is 2. The Kier molecular flexibility index (Phi) is 6.72. The molecule has 1 atom stereocenters. The highest BCUT2D eigenvalue weighted by Crippen LogP contribution is 2.33. The van der Waals surface area contributed by atoms with Gasteiger partial charge in [0.25, 0.3) is 5.91 Å². The van der Waals surface area contributed by atoms with Crippen LogP contribution in [-0.2, 0) is 0 Å². The molecule has 36 heavy (non-hydrogen) atoms. The lowest BCUT2D eigenvalue weighted by Gasteiger charge is -2.20. The van der Waals surface area contributed by atoms with Crippen molar-refractivity contribution in [2.45, 2.75) is 6.04 Å². The molecule has 1 amide bonds. The van der Waals surface area contributed by atoms with Crippen LogP contribution in [0.25, 0.3) is 5.69 Å². The second-order valence-corrected chi connectivity index (χ2v) is 7.79. The van der Waals surface area contributed by atoms with Crippen molar-refractivity contribution in [3.8, 4) is 17.2 Å². The van der Waals surface area contributed by atoms with E-state index in [1.807, 2.05) is 6.07 Å². The zero-order valence-corrected chi connectivity index (χ0v) is 19.6. The van der Waals surface area contributed by atoms with E-state index in [-0.39, 0.29) is 22.9 Å². The van der Waals surface area contributed by atoms with E-state index in [4.69, 9.17) is 26.4 Å². The van der Waals surface area contributed by atoms with Crippen LogP contribution in [0.5, 0.6) is 11.5 Å². The summed E-state index contributed by atoms with van der Waals surface area (Å²) in [7, 11) is 3.07. The Balaban J connectivity index is 1.82. The number of aromatic amines is 1. The molecule has 7 N–H and O–H groups in total. The van der Waals surface area contributed by atoms with Crippen molar-refractivity contribution < 1.29 is 14.3 Å². The summed E-state index contributed by atoms with van der Waals surface area (Å²) < 4.78 is 11.9. The lowest BCUT2D eigenvalue weighted by molar-refractivity contribution is 0.1000. The van der Waals surface area contributed by atoms with E-state index in [2.05, 4.69) is 15.4 Å². The van der Waals surface area contributed by atoms with Crippen LogP contribution in [0, 0.1) is 5.41 Å². The summed E-state index contributed by atoms with van der Waals surface area (Å²) in [6.45, 7) is 0. The highest BCUT2D eigenvalue weighted by molar-refractivity contribution is 5.96. The maximum atomic E-state index is 12.9. The molecule has 0 aliphatic rings. The second-order valence-electron chi connectivity index (χ2n) is 7.79.